The number of halogens is 1. The minimum Gasteiger partial charge on any atom is -0.507 e. The first-order valence-corrected chi connectivity index (χ1v) is 9.14. The monoisotopic (exact) mass is 413 g/mol. The Morgan fingerprint density at radius 2 is 1.80 bits per heavy atom. The maximum atomic E-state index is 14.6. The summed E-state index contributed by atoms with van der Waals surface area (Å²) in [5.74, 6) is -2.90. The molecule has 1 saturated heterocycles. The largest absolute Gasteiger partial charge is 0.507 e. The molecular formula is C21H20FN3O5. The number of nitro benzene ring substituents is 1. The number of aliphatic hydroxyl groups excluding tert-OH is 1. The summed E-state index contributed by atoms with van der Waals surface area (Å²) in [6.07, 6.45) is 0. The van der Waals surface area contributed by atoms with Crippen molar-refractivity contribution >= 4 is 23.1 Å². The van der Waals surface area contributed by atoms with Crippen LogP contribution >= 0.6 is 0 Å². The van der Waals surface area contributed by atoms with Crippen molar-refractivity contribution in [2.75, 3.05) is 27.2 Å². The Kier molecular flexibility index (Phi) is 5.93. The van der Waals surface area contributed by atoms with Crippen LogP contribution in [-0.4, -0.2) is 58.7 Å². The van der Waals surface area contributed by atoms with Gasteiger partial charge in [-0.15, -0.1) is 0 Å². The van der Waals surface area contributed by atoms with Gasteiger partial charge in [0.1, 0.15) is 11.6 Å². The molecule has 0 saturated carbocycles. The van der Waals surface area contributed by atoms with Gasteiger partial charge in [0, 0.05) is 36.3 Å². The number of benzene rings is 2. The van der Waals surface area contributed by atoms with Gasteiger partial charge in [-0.05, 0) is 32.3 Å². The number of aliphatic hydroxyl groups is 1. The van der Waals surface area contributed by atoms with Crippen LogP contribution < -0.4 is 0 Å². The molecule has 1 amide bonds. The summed E-state index contributed by atoms with van der Waals surface area (Å²) in [5.41, 5.74) is -0.243. The maximum Gasteiger partial charge on any atom is 0.295 e. The van der Waals surface area contributed by atoms with E-state index in [1.54, 1.807) is 20.2 Å². The van der Waals surface area contributed by atoms with Crippen LogP contribution in [0.2, 0.25) is 0 Å². The number of likely N-dealkylation sites (tertiary alicyclic amines) is 1. The molecule has 2 aromatic carbocycles. The zero-order valence-corrected chi connectivity index (χ0v) is 16.4. The number of hydrogen-bond acceptors (Lipinski definition) is 6. The molecule has 1 fully saturated rings. The molecule has 0 radical (unpaired) electrons. The molecule has 0 bridgehead atoms. The average Bonchev–Trinajstić information content (AvgIpc) is 2.96. The number of nitro groups is 1. The van der Waals surface area contributed by atoms with E-state index in [0.29, 0.717) is 6.54 Å². The van der Waals surface area contributed by atoms with Gasteiger partial charge in [-0.2, -0.15) is 0 Å². The molecule has 0 aromatic heterocycles. The van der Waals surface area contributed by atoms with E-state index >= 15 is 0 Å². The number of nitrogens with zero attached hydrogens (tertiary/aromatic N) is 3. The van der Waals surface area contributed by atoms with Gasteiger partial charge in [0.2, 0.25) is 0 Å². The summed E-state index contributed by atoms with van der Waals surface area (Å²) in [4.78, 5) is 38.8. The van der Waals surface area contributed by atoms with Gasteiger partial charge < -0.3 is 14.9 Å². The fourth-order valence-corrected chi connectivity index (χ4v) is 3.34. The highest BCUT2D eigenvalue weighted by atomic mass is 19.1. The second kappa shape index (κ2) is 8.42. The molecule has 1 aliphatic heterocycles. The van der Waals surface area contributed by atoms with Crippen molar-refractivity contribution in [3.8, 4) is 0 Å². The lowest BCUT2D eigenvalue weighted by Crippen LogP contribution is -2.35. The molecule has 30 heavy (non-hydrogen) atoms. The fraction of sp³-hybridized carbons (Fsp3) is 0.238. The Labute approximate surface area is 172 Å². The quantitative estimate of drug-likeness (QED) is 0.257. The smallest absolute Gasteiger partial charge is 0.295 e. The number of carbonyl (C=O) groups is 2. The predicted octanol–water partition coefficient (Wildman–Crippen LogP) is 2.72. The van der Waals surface area contributed by atoms with Crippen LogP contribution in [-0.2, 0) is 9.59 Å². The summed E-state index contributed by atoms with van der Waals surface area (Å²) in [7, 11) is 3.59. The highest BCUT2D eigenvalue weighted by Gasteiger charge is 2.46. The van der Waals surface area contributed by atoms with Crippen molar-refractivity contribution in [3.05, 3.63) is 81.2 Å². The Bertz CT molecular complexity index is 1030. The maximum absolute atomic E-state index is 14.6. The third-order valence-electron chi connectivity index (χ3n) is 4.88. The third-order valence-corrected chi connectivity index (χ3v) is 4.88. The summed E-state index contributed by atoms with van der Waals surface area (Å²) in [6.45, 7) is 0.573. The zero-order chi connectivity index (χ0) is 22.0. The van der Waals surface area contributed by atoms with E-state index in [-0.39, 0.29) is 28.9 Å². The van der Waals surface area contributed by atoms with Crippen LogP contribution in [0.25, 0.3) is 5.76 Å². The van der Waals surface area contributed by atoms with E-state index in [0.717, 1.165) is 0 Å². The molecule has 1 atom stereocenters. The van der Waals surface area contributed by atoms with Crippen LogP contribution in [0.4, 0.5) is 10.1 Å². The van der Waals surface area contributed by atoms with Crippen molar-refractivity contribution in [2.45, 2.75) is 6.04 Å². The highest BCUT2D eigenvalue weighted by Crippen LogP contribution is 2.40. The van der Waals surface area contributed by atoms with Crippen molar-refractivity contribution in [3.63, 3.8) is 0 Å². The van der Waals surface area contributed by atoms with Crippen molar-refractivity contribution in [2.24, 2.45) is 0 Å². The number of amides is 1. The number of ketones is 1. The molecule has 1 aliphatic rings. The molecule has 0 spiro atoms. The molecule has 1 unspecified atom stereocenters. The second-order valence-corrected chi connectivity index (χ2v) is 7.12. The van der Waals surface area contributed by atoms with Crippen LogP contribution in [0.5, 0.6) is 0 Å². The predicted molar refractivity (Wildman–Crippen MR) is 107 cm³/mol. The molecule has 3 rings (SSSR count). The lowest BCUT2D eigenvalue weighted by atomic mass is 9.95. The summed E-state index contributed by atoms with van der Waals surface area (Å²) in [5, 5.41) is 21.7. The fourth-order valence-electron chi connectivity index (χ4n) is 3.34. The number of rotatable bonds is 6. The van der Waals surface area contributed by atoms with Gasteiger partial charge in [-0.3, -0.25) is 19.7 Å². The second-order valence-electron chi connectivity index (χ2n) is 7.12. The SMILES string of the molecule is CN(C)CCN1C(=O)C(=O)/C(=C(/O)c2ccc([N+](=O)[O-])cc2)C1c1ccccc1F. The normalized spacial score (nSPS) is 18.3. The summed E-state index contributed by atoms with van der Waals surface area (Å²) in [6, 6.07) is 9.53. The number of non-ortho nitro benzene ring substituents is 1. The minimum atomic E-state index is -1.11. The number of Topliss-reactive ketones (excluding diaryl/α,β-unsaturated/α-hetero) is 1. The van der Waals surface area contributed by atoms with Gasteiger partial charge in [-0.1, -0.05) is 18.2 Å². The van der Waals surface area contributed by atoms with E-state index in [4.69, 9.17) is 0 Å². The number of hydrogen-bond donors (Lipinski definition) is 1. The third kappa shape index (κ3) is 3.92. The topological polar surface area (TPSA) is 104 Å². The molecular weight excluding hydrogens is 393 g/mol. The Morgan fingerprint density at radius 3 is 2.37 bits per heavy atom. The summed E-state index contributed by atoms with van der Waals surface area (Å²) >= 11 is 0. The van der Waals surface area contributed by atoms with Crippen molar-refractivity contribution < 1.29 is 24.0 Å². The van der Waals surface area contributed by atoms with Gasteiger partial charge in [-0.25, -0.2) is 4.39 Å². The molecule has 2 aromatic rings. The van der Waals surface area contributed by atoms with Gasteiger partial charge in [0.05, 0.1) is 16.5 Å². The first-order chi connectivity index (χ1) is 14.2. The molecule has 8 nitrogen and oxygen atoms in total. The summed E-state index contributed by atoms with van der Waals surface area (Å²) < 4.78 is 14.6. The van der Waals surface area contributed by atoms with Crippen LogP contribution in [0, 0.1) is 15.9 Å². The van der Waals surface area contributed by atoms with Crippen LogP contribution in [0.15, 0.2) is 54.1 Å². The minimum absolute atomic E-state index is 0.0823. The zero-order valence-electron chi connectivity index (χ0n) is 16.4. The van der Waals surface area contributed by atoms with Crippen LogP contribution in [0.1, 0.15) is 17.2 Å². The molecule has 1 N–H and O–H groups in total. The standard InChI is InChI=1S/C21H20FN3O5/c1-23(2)11-12-24-18(15-5-3-4-6-16(15)22)17(20(27)21(24)28)19(26)13-7-9-14(10-8-13)25(29)30/h3-10,18,26H,11-12H2,1-2H3/b19-17+. The number of carbonyl (C=O) groups excluding carboxylic acids is 2. The lowest BCUT2D eigenvalue weighted by molar-refractivity contribution is -0.384. The van der Waals surface area contributed by atoms with Crippen molar-refractivity contribution in [1.82, 2.24) is 9.80 Å². The first-order valence-electron chi connectivity index (χ1n) is 9.14. The van der Waals surface area contributed by atoms with E-state index in [2.05, 4.69) is 0 Å². The lowest BCUT2D eigenvalue weighted by Gasteiger charge is -2.26. The van der Waals surface area contributed by atoms with Gasteiger partial charge in [0.25, 0.3) is 17.4 Å². The van der Waals surface area contributed by atoms with Crippen molar-refractivity contribution in [1.29, 1.82) is 0 Å². The van der Waals surface area contributed by atoms with E-state index in [1.807, 2.05) is 4.90 Å². The average molecular weight is 413 g/mol. The van der Waals surface area contributed by atoms with Gasteiger partial charge in [0.15, 0.2) is 0 Å². The van der Waals surface area contributed by atoms with E-state index in [9.17, 15) is 29.2 Å². The Hall–Kier alpha value is -3.59. The molecule has 9 heteroatoms. The molecule has 0 aliphatic carbocycles. The van der Waals surface area contributed by atoms with Crippen LogP contribution in [0.3, 0.4) is 0 Å². The van der Waals surface area contributed by atoms with Gasteiger partial charge >= 0.3 is 0 Å². The van der Waals surface area contributed by atoms with E-state index < -0.39 is 34.2 Å². The Morgan fingerprint density at radius 1 is 1.17 bits per heavy atom. The van der Waals surface area contributed by atoms with E-state index in [1.165, 1.54) is 47.4 Å². The molecule has 1 heterocycles. The highest BCUT2D eigenvalue weighted by molar-refractivity contribution is 6.46. The molecule has 156 valence electrons. The Balaban J connectivity index is 2.15. The first kappa shape index (κ1) is 21.1. The number of likely N-dealkylation sites (N-methyl/N-ethyl adjacent to an activating group) is 1.